The Kier molecular flexibility index (Phi) is 6.62. The number of nitrogens with one attached hydrogen (secondary N) is 3. The molecule has 0 unspecified atom stereocenters. The molecule has 10 heteroatoms. The van der Waals surface area contributed by atoms with Gasteiger partial charge in [-0.05, 0) is 42.8 Å². The maximum Gasteiger partial charge on any atom is 0.421 e. The van der Waals surface area contributed by atoms with E-state index in [0.717, 1.165) is 11.6 Å². The minimum absolute atomic E-state index is 0.0407. The highest BCUT2D eigenvalue weighted by Crippen LogP contribution is 2.36. The zero-order valence-electron chi connectivity index (χ0n) is 17.2. The van der Waals surface area contributed by atoms with Gasteiger partial charge in [0.1, 0.15) is 17.1 Å². The van der Waals surface area contributed by atoms with Gasteiger partial charge in [0, 0.05) is 29.3 Å². The SMILES string of the molecule is C=CC(=O)Nc1cc(Nc2nc(Nc3cccc(OC)c3)ncc2C(F)(F)F)ccc1C. The number of anilines is 5. The number of ether oxygens (including phenoxy) is 1. The first-order valence-corrected chi connectivity index (χ1v) is 9.36. The predicted molar refractivity (Wildman–Crippen MR) is 117 cm³/mol. The van der Waals surface area contributed by atoms with E-state index in [1.54, 1.807) is 43.3 Å². The van der Waals surface area contributed by atoms with Gasteiger partial charge in [-0.2, -0.15) is 18.2 Å². The number of nitrogens with zero attached hydrogens (tertiary/aromatic N) is 2. The molecule has 166 valence electrons. The van der Waals surface area contributed by atoms with E-state index in [2.05, 4.69) is 32.5 Å². The highest BCUT2D eigenvalue weighted by molar-refractivity contribution is 5.99. The summed E-state index contributed by atoms with van der Waals surface area (Å²) in [7, 11) is 1.50. The summed E-state index contributed by atoms with van der Waals surface area (Å²) in [5, 5.41) is 8.14. The Morgan fingerprint density at radius 3 is 2.56 bits per heavy atom. The Labute approximate surface area is 182 Å². The Balaban J connectivity index is 1.95. The second-order valence-corrected chi connectivity index (χ2v) is 6.66. The van der Waals surface area contributed by atoms with Gasteiger partial charge in [-0.15, -0.1) is 0 Å². The number of halogens is 3. The lowest BCUT2D eigenvalue weighted by Gasteiger charge is -2.16. The van der Waals surface area contributed by atoms with Crippen LogP contribution in [0.3, 0.4) is 0 Å². The molecule has 0 aliphatic carbocycles. The highest BCUT2D eigenvalue weighted by Gasteiger charge is 2.35. The van der Waals surface area contributed by atoms with Crippen LogP contribution in [0.5, 0.6) is 5.75 Å². The van der Waals surface area contributed by atoms with Crippen molar-refractivity contribution in [3.05, 3.63) is 72.4 Å². The third-order valence-corrected chi connectivity index (χ3v) is 4.36. The summed E-state index contributed by atoms with van der Waals surface area (Å²) < 4.78 is 45.8. The molecule has 0 bridgehead atoms. The lowest BCUT2D eigenvalue weighted by atomic mass is 10.1. The summed E-state index contributed by atoms with van der Waals surface area (Å²) in [6.07, 6.45) is -2.88. The molecule has 0 aliphatic rings. The fourth-order valence-electron chi connectivity index (χ4n) is 2.73. The second kappa shape index (κ2) is 9.38. The van der Waals surface area contributed by atoms with Crippen molar-refractivity contribution in [1.29, 1.82) is 0 Å². The molecule has 7 nitrogen and oxygen atoms in total. The molecule has 1 aromatic heterocycles. The molecule has 0 spiro atoms. The molecule has 0 saturated heterocycles. The smallest absolute Gasteiger partial charge is 0.421 e. The number of aryl methyl sites for hydroxylation is 1. The maximum atomic E-state index is 13.5. The molecular formula is C22H20F3N5O2. The molecule has 0 fully saturated rings. The van der Waals surface area contributed by atoms with Crippen LogP contribution in [0.4, 0.5) is 42.0 Å². The Bertz CT molecular complexity index is 1150. The summed E-state index contributed by atoms with van der Waals surface area (Å²) in [6, 6.07) is 11.5. The molecule has 3 aromatic rings. The molecule has 32 heavy (non-hydrogen) atoms. The van der Waals surface area contributed by atoms with Crippen LogP contribution in [0, 0.1) is 6.92 Å². The quantitative estimate of drug-likeness (QED) is 0.423. The zero-order chi connectivity index (χ0) is 23.3. The Hall–Kier alpha value is -4.08. The van der Waals surface area contributed by atoms with Crippen LogP contribution in [0.2, 0.25) is 0 Å². The Morgan fingerprint density at radius 2 is 1.88 bits per heavy atom. The second-order valence-electron chi connectivity index (χ2n) is 6.66. The van der Waals surface area contributed by atoms with E-state index < -0.39 is 23.5 Å². The van der Waals surface area contributed by atoms with E-state index in [1.807, 2.05) is 0 Å². The number of carbonyl (C=O) groups excluding carboxylic acids is 1. The number of rotatable bonds is 7. The van der Waals surface area contributed by atoms with Crippen LogP contribution >= 0.6 is 0 Å². The number of carbonyl (C=O) groups is 1. The highest BCUT2D eigenvalue weighted by atomic mass is 19.4. The number of hydrogen-bond donors (Lipinski definition) is 3. The monoisotopic (exact) mass is 443 g/mol. The first kappa shape index (κ1) is 22.6. The van der Waals surface area contributed by atoms with Gasteiger partial charge in [-0.25, -0.2) is 4.98 Å². The van der Waals surface area contributed by atoms with Gasteiger partial charge >= 0.3 is 6.18 Å². The molecule has 3 N–H and O–H groups in total. The van der Waals surface area contributed by atoms with E-state index in [9.17, 15) is 18.0 Å². The molecule has 0 radical (unpaired) electrons. The van der Waals surface area contributed by atoms with Crippen molar-refractivity contribution < 1.29 is 22.7 Å². The minimum Gasteiger partial charge on any atom is -0.497 e. The zero-order valence-corrected chi connectivity index (χ0v) is 17.2. The fourth-order valence-corrected chi connectivity index (χ4v) is 2.73. The van der Waals surface area contributed by atoms with Crippen molar-refractivity contribution in [3.63, 3.8) is 0 Å². The van der Waals surface area contributed by atoms with Crippen LogP contribution < -0.4 is 20.7 Å². The van der Waals surface area contributed by atoms with E-state index in [0.29, 0.717) is 29.0 Å². The normalized spacial score (nSPS) is 10.9. The molecule has 3 rings (SSSR count). The van der Waals surface area contributed by atoms with Gasteiger partial charge in [0.15, 0.2) is 0 Å². The number of amides is 1. The van der Waals surface area contributed by atoms with E-state index in [1.165, 1.54) is 13.2 Å². The maximum absolute atomic E-state index is 13.5. The van der Waals surface area contributed by atoms with Crippen LogP contribution in [0.25, 0.3) is 0 Å². The van der Waals surface area contributed by atoms with Gasteiger partial charge in [0.2, 0.25) is 11.9 Å². The van der Waals surface area contributed by atoms with Crippen molar-refractivity contribution in [3.8, 4) is 5.75 Å². The van der Waals surface area contributed by atoms with Crippen molar-refractivity contribution >= 4 is 34.7 Å². The lowest BCUT2D eigenvalue weighted by Crippen LogP contribution is -2.13. The number of methoxy groups -OCH3 is 1. The summed E-state index contributed by atoms with van der Waals surface area (Å²) in [5.41, 5.74) is 0.958. The molecular weight excluding hydrogens is 423 g/mol. The largest absolute Gasteiger partial charge is 0.497 e. The van der Waals surface area contributed by atoms with Crippen LogP contribution in [0.15, 0.2) is 61.3 Å². The van der Waals surface area contributed by atoms with Crippen molar-refractivity contribution in [2.45, 2.75) is 13.1 Å². The summed E-state index contributed by atoms with van der Waals surface area (Å²) in [6.45, 7) is 5.14. The van der Waals surface area contributed by atoms with Crippen LogP contribution in [-0.2, 0) is 11.0 Å². The number of alkyl halides is 3. The minimum atomic E-state index is -4.68. The first-order chi connectivity index (χ1) is 15.2. The van der Waals surface area contributed by atoms with Gasteiger partial charge in [0.25, 0.3) is 0 Å². The summed E-state index contributed by atoms with van der Waals surface area (Å²) in [5.74, 6) is -0.356. The number of hydrogen-bond acceptors (Lipinski definition) is 6. The average molecular weight is 443 g/mol. The molecule has 0 saturated carbocycles. The third kappa shape index (κ3) is 5.54. The van der Waals surface area contributed by atoms with E-state index in [4.69, 9.17) is 4.74 Å². The molecule has 0 atom stereocenters. The molecule has 2 aromatic carbocycles. The van der Waals surface area contributed by atoms with E-state index in [-0.39, 0.29) is 5.95 Å². The number of aromatic nitrogens is 2. The number of benzene rings is 2. The molecule has 0 aliphatic heterocycles. The van der Waals surface area contributed by atoms with Crippen LogP contribution in [0.1, 0.15) is 11.1 Å². The first-order valence-electron chi connectivity index (χ1n) is 9.36. The summed E-state index contributed by atoms with van der Waals surface area (Å²) >= 11 is 0. The standard InChI is InChI=1S/C22H20F3N5O2/c1-4-19(31)29-18-11-15(9-8-13(18)2)27-20-17(22(23,24)25)12-26-21(30-20)28-14-6-5-7-16(10-14)32-3/h4-12H,1H2,2-3H3,(H,29,31)(H2,26,27,28,30). The lowest BCUT2D eigenvalue weighted by molar-refractivity contribution is -0.137. The van der Waals surface area contributed by atoms with Crippen LogP contribution in [-0.4, -0.2) is 23.0 Å². The Morgan fingerprint density at radius 1 is 1.12 bits per heavy atom. The van der Waals surface area contributed by atoms with Gasteiger partial charge in [-0.1, -0.05) is 18.7 Å². The van der Waals surface area contributed by atoms with Gasteiger partial charge < -0.3 is 20.7 Å². The predicted octanol–water partition coefficient (Wildman–Crippen LogP) is 5.42. The third-order valence-electron chi connectivity index (χ3n) is 4.36. The van der Waals surface area contributed by atoms with E-state index >= 15 is 0 Å². The average Bonchev–Trinajstić information content (AvgIpc) is 2.75. The molecule has 1 heterocycles. The van der Waals surface area contributed by atoms with Crippen molar-refractivity contribution in [2.24, 2.45) is 0 Å². The summed E-state index contributed by atoms with van der Waals surface area (Å²) in [4.78, 5) is 19.4. The molecule has 1 amide bonds. The van der Waals surface area contributed by atoms with Crippen molar-refractivity contribution in [1.82, 2.24) is 9.97 Å². The van der Waals surface area contributed by atoms with Gasteiger partial charge in [0.05, 0.1) is 7.11 Å². The van der Waals surface area contributed by atoms with Crippen molar-refractivity contribution in [2.75, 3.05) is 23.1 Å². The fraction of sp³-hybridized carbons (Fsp3) is 0.136. The van der Waals surface area contributed by atoms with Gasteiger partial charge in [-0.3, -0.25) is 4.79 Å². The topological polar surface area (TPSA) is 88.2 Å².